The summed E-state index contributed by atoms with van der Waals surface area (Å²) >= 11 is 0. The van der Waals surface area contributed by atoms with E-state index in [9.17, 15) is 4.79 Å². The normalized spacial score (nSPS) is 13.5. The van der Waals surface area contributed by atoms with Crippen LogP contribution < -0.4 is 20.5 Å². The van der Waals surface area contributed by atoms with Gasteiger partial charge in [-0.25, -0.2) is 0 Å². The van der Waals surface area contributed by atoms with Gasteiger partial charge < -0.3 is 20.5 Å². The average Bonchev–Trinajstić information content (AvgIpc) is 2.38. The Labute approximate surface area is 114 Å². The number of hydrogen-bond donors (Lipinski definition) is 2. The highest BCUT2D eigenvalue weighted by molar-refractivity contribution is 5.98. The van der Waals surface area contributed by atoms with Gasteiger partial charge in [0.05, 0.1) is 25.4 Å². The van der Waals surface area contributed by atoms with Gasteiger partial charge >= 0.3 is 0 Å². The van der Waals surface area contributed by atoms with E-state index in [2.05, 4.69) is 5.32 Å². The number of nitrogens with two attached hydrogens (primary N) is 1. The number of ether oxygens (including phenoxy) is 2. The molecule has 5 heteroatoms. The van der Waals surface area contributed by atoms with Crippen molar-refractivity contribution < 1.29 is 14.3 Å². The summed E-state index contributed by atoms with van der Waals surface area (Å²) < 4.78 is 10.3. The molecule has 106 valence electrons. The van der Waals surface area contributed by atoms with E-state index in [0.29, 0.717) is 23.6 Å². The number of rotatable bonds is 6. The van der Waals surface area contributed by atoms with Crippen LogP contribution in [0.15, 0.2) is 18.2 Å². The standard InChI is InChI=1S/C14H22N2O3/c1-5-8-14(2,15)13(17)16-11-9-10(18-3)6-7-12(11)19-4/h6-7,9H,5,8,15H2,1-4H3,(H,16,17). The molecule has 19 heavy (non-hydrogen) atoms. The zero-order valence-electron chi connectivity index (χ0n) is 11.9. The molecule has 0 spiro atoms. The number of carbonyl (C=O) groups is 1. The first kappa shape index (κ1) is 15.3. The van der Waals surface area contributed by atoms with Crippen LogP contribution in [-0.2, 0) is 4.79 Å². The number of amides is 1. The van der Waals surface area contributed by atoms with Gasteiger partial charge in [-0.05, 0) is 25.5 Å². The maximum absolute atomic E-state index is 12.2. The summed E-state index contributed by atoms with van der Waals surface area (Å²) in [6.07, 6.45) is 1.46. The topological polar surface area (TPSA) is 73.6 Å². The molecule has 0 aromatic heterocycles. The Morgan fingerprint density at radius 2 is 2.05 bits per heavy atom. The molecule has 0 aliphatic carbocycles. The Morgan fingerprint density at radius 1 is 1.37 bits per heavy atom. The summed E-state index contributed by atoms with van der Waals surface area (Å²) in [6.45, 7) is 3.71. The van der Waals surface area contributed by atoms with Gasteiger partial charge in [0.15, 0.2) is 0 Å². The van der Waals surface area contributed by atoms with Gasteiger partial charge in [0.25, 0.3) is 0 Å². The lowest BCUT2D eigenvalue weighted by Gasteiger charge is -2.23. The minimum Gasteiger partial charge on any atom is -0.497 e. The minimum atomic E-state index is -0.900. The molecule has 1 amide bonds. The summed E-state index contributed by atoms with van der Waals surface area (Å²) in [4.78, 5) is 12.2. The fourth-order valence-corrected chi connectivity index (χ4v) is 1.81. The molecular weight excluding hydrogens is 244 g/mol. The maximum Gasteiger partial charge on any atom is 0.244 e. The molecule has 1 aromatic carbocycles. The first-order chi connectivity index (χ1) is 8.94. The van der Waals surface area contributed by atoms with Crippen LogP contribution in [0, 0.1) is 0 Å². The lowest BCUT2D eigenvalue weighted by Crippen LogP contribution is -2.48. The van der Waals surface area contributed by atoms with E-state index in [4.69, 9.17) is 15.2 Å². The zero-order chi connectivity index (χ0) is 14.5. The number of carbonyl (C=O) groups excluding carboxylic acids is 1. The Kier molecular flexibility index (Phi) is 5.18. The first-order valence-electron chi connectivity index (χ1n) is 6.27. The van der Waals surface area contributed by atoms with E-state index in [1.165, 1.54) is 0 Å². The van der Waals surface area contributed by atoms with Crippen LogP contribution in [0.3, 0.4) is 0 Å². The molecule has 1 unspecified atom stereocenters. The third kappa shape index (κ3) is 3.86. The van der Waals surface area contributed by atoms with Crippen molar-refractivity contribution in [2.24, 2.45) is 5.73 Å². The Bertz CT molecular complexity index is 444. The molecule has 3 N–H and O–H groups in total. The van der Waals surface area contributed by atoms with Crippen molar-refractivity contribution in [3.05, 3.63) is 18.2 Å². The van der Waals surface area contributed by atoms with Crippen molar-refractivity contribution in [2.45, 2.75) is 32.2 Å². The number of benzene rings is 1. The molecule has 5 nitrogen and oxygen atoms in total. The van der Waals surface area contributed by atoms with E-state index in [-0.39, 0.29) is 5.91 Å². The maximum atomic E-state index is 12.2. The molecule has 0 bridgehead atoms. The molecular formula is C14H22N2O3. The zero-order valence-corrected chi connectivity index (χ0v) is 11.9. The van der Waals surface area contributed by atoms with Gasteiger partial charge in [0.1, 0.15) is 11.5 Å². The summed E-state index contributed by atoms with van der Waals surface area (Å²) in [5, 5.41) is 2.79. The molecule has 0 heterocycles. The lowest BCUT2D eigenvalue weighted by molar-refractivity contribution is -0.120. The summed E-state index contributed by atoms with van der Waals surface area (Å²) in [5.74, 6) is 0.979. The van der Waals surface area contributed by atoms with Gasteiger partial charge in [-0.1, -0.05) is 13.3 Å². The summed E-state index contributed by atoms with van der Waals surface area (Å²) in [6, 6.07) is 5.21. The van der Waals surface area contributed by atoms with E-state index < -0.39 is 5.54 Å². The molecule has 0 aliphatic heterocycles. The highest BCUT2D eigenvalue weighted by atomic mass is 16.5. The minimum absolute atomic E-state index is 0.235. The van der Waals surface area contributed by atoms with Crippen molar-refractivity contribution in [1.82, 2.24) is 0 Å². The van der Waals surface area contributed by atoms with E-state index >= 15 is 0 Å². The summed E-state index contributed by atoms with van der Waals surface area (Å²) in [7, 11) is 3.11. The second kappa shape index (κ2) is 6.43. The molecule has 0 saturated heterocycles. The molecule has 1 atom stereocenters. The number of methoxy groups -OCH3 is 2. The van der Waals surface area contributed by atoms with Crippen molar-refractivity contribution in [2.75, 3.05) is 19.5 Å². The van der Waals surface area contributed by atoms with Gasteiger partial charge in [0, 0.05) is 6.07 Å². The van der Waals surface area contributed by atoms with Gasteiger partial charge in [-0.2, -0.15) is 0 Å². The van der Waals surface area contributed by atoms with E-state index in [0.717, 1.165) is 6.42 Å². The second-order valence-electron chi connectivity index (χ2n) is 4.69. The first-order valence-corrected chi connectivity index (χ1v) is 6.27. The fourth-order valence-electron chi connectivity index (χ4n) is 1.81. The monoisotopic (exact) mass is 266 g/mol. The fraction of sp³-hybridized carbons (Fsp3) is 0.500. The molecule has 1 rings (SSSR count). The molecule has 0 radical (unpaired) electrons. The molecule has 0 saturated carbocycles. The largest absolute Gasteiger partial charge is 0.497 e. The van der Waals surface area contributed by atoms with Crippen molar-refractivity contribution >= 4 is 11.6 Å². The Balaban J connectivity index is 2.94. The average molecular weight is 266 g/mol. The third-order valence-electron chi connectivity index (χ3n) is 2.94. The highest BCUT2D eigenvalue weighted by Gasteiger charge is 2.27. The number of nitrogens with one attached hydrogen (secondary N) is 1. The summed E-state index contributed by atoms with van der Waals surface area (Å²) in [5.41, 5.74) is 5.65. The van der Waals surface area contributed by atoms with Crippen molar-refractivity contribution in [3.63, 3.8) is 0 Å². The third-order valence-corrected chi connectivity index (χ3v) is 2.94. The molecule has 0 aliphatic rings. The predicted molar refractivity (Wildman–Crippen MR) is 75.7 cm³/mol. The van der Waals surface area contributed by atoms with Crippen molar-refractivity contribution in [1.29, 1.82) is 0 Å². The van der Waals surface area contributed by atoms with Crippen LogP contribution in [0.4, 0.5) is 5.69 Å². The van der Waals surface area contributed by atoms with Gasteiger partial charge in [-0.15, -0.1) is 0 Å². The lowest BCUT2D eigenvalue weighted by atomic mass is 9.96. The quantitative estimate of drug-likeness (QED) is 0.827. The van der Waals surface area contributed by atoms with E-state index in [1.54, 1.807) is 39.3 Å². The number of hydrogen-bond acceptors (Lipinski definition) is 4. The molecule has 1 aromatic rings. The van der Waals surface area contributed by atoms with Crippen LogP contribution in [0.2, 0.25) is 0 Å². The van der Waals surface area contributed by atoms with Crippen LogP contribution in [0.1, 0.15) is 26.7 Å². The van der Waals surface area contributed by atoms with Crippen LogP contribution in [-0.4, -0.2) is 25.7 Å². The van der Waals surface area contributed by atoms with E-state index in [1.807, 2.05) is 6.92 Å². The highest BCUT2D eigenvalue weighted by Crippen LogP contribution is 2.29. The predicted octanol–water partition coefficient (Wildman–Crippen LogP) is 2.16. The smallest absolute Gasteiger partial charge is 0.244 e. The van der Waals surface area contributed by atoms with Crippen molar-refractivity contribution in [3.8, 4) is 11.5 Å². The van der Waals surface area contributed by atoms with Gasteiger partial charge in [0.2, 0.25) is 5.91 Å². The SMILES string of the molecule is CCCC(C)(N)C(=O)Nc1cc(OC)ccc1OC. The van der Waals surface area contributed by atoms with Crippen LogP contribution >= 0.6 is 0 Å². The van der Waals surface area contributed by atoms with Gasteiger partial charge in [-0.3, -0.25) is 4.79 Å². The second-order valence-corrected chi connectivity index (χ2v) is 4.69. The van der Waals surface area contributed by atoms with Crippen LogP contribution in [0.25, 0.3) is 0 Å². The van der Waals surface area contributed by atoms with Crippen LogP contribution in [0.5, 0.6) is 11.5 Å². The molecule has 0 fully saturated rings. The number of anilines is 1. The Morgan fingerprint density at radius 3 is 2.58 bits per heavy atom. The Hall–Kier alpha value is -1.75.